The third-order valence-corrected chi connectivity index (χ3v) is 9.19. The summed E-state index contributed by atoms with van der Waals surface area (Å²) in [4.78, 5) is 15.0. The monoisotopic (exact) mass is 587 g/mol. The third-order valence-electron chi connectivity index (χ3n) is 9.19. The van der Waals surface area contributed by atoms with Crippen LogP contribution < -0.4 is 0 Å². The van der Waals surface area contributed by atoms with Crippen LogP contribution in [0.25, 0.3) is 88.2 Å². The Labute approximate surface area is 263 Å². The molecule has 4 aromatic heterocycles. The summed E-state index contributed by atoms with van der Waals surface area (Å²) in [7, 11) is 0. The molecule has 0 N–H and O–H groups in total. The van der Waals surface area contributed by atoms with Crippen molar-refractivity contribution < 1.29 is 0 Å². The Hall–Kier alpha value is -6.33. The van der Waals surface area contributed by atoms with Crippen LogP contribution in [-0.4, -0.2) is 24.1 Å². The molecule has 10 rings (SSSR count). The lowest BCUT2D eigenvalue weighted by Gasteiger charge is -2.14. The molecular weight excluding hydrogens is 562 g/mol. The molecule has 46 heavy (non-hydrogen) atoms. The summed E-state index contributed by atoms with van der Waals surface area (Å²) in [6, 6.07) is 49.2. The van der Waals surface area contributed by atoms with Gasteiger partial charge in [-0.05, 0) is 30.3 Å². The summed E-state index contributed by atoms with van der Waals surface area (Å²) < 4.78 is 4.68. The zero-order valence-corrected chi connectivity index (χ0v) is 24.7. The van der Waals surface area contributed by atoms with E-state index in [9.17, 15) is 0 Å². The highest BCUT2D eigenvalue weighted by Gasteiger charge is 2.25. The van der Waals surface area contributed by atoms with E-state index in [1.165, 1.54) is 38.0 Å². The number of hydrogen-bond donors (Lipinski definition) is 0. The predicted octanol–water partition coefficient (Wildman–Crippen LogP) is 10.0. The molecule has 0 aliphatic rings. The van der Waals surface area contributed by atoms with E-state index in [0.717, 1.165) is 44.3 Å². The molecule has 0 aliphatic carbocycles. The van der Waals surface area contributed by atoms with Crippen LogP contribution >= 0.6 is 0 Å². The molecule has 0 bridgehead atoms. The van der Waals surface area contributed by atoms with Crippen LogP contribution in [0.5, 0.6) is 0 Å². The molecule has 5 nitrogen and oxygen atoms in total. The van der Waals surface area contributed by atoms with E-state index in [2.05, 4.69) is 142 Å². The quantitative estimate of drug-likeness (QED) is 0.207. The molecule has 6 aromatic carbocycles. The fraction of sp³-hybridized carbons (Fsp3) is 0. The summed E-state index contributed by atoms with van der Waals surface area (Å²) in [5.74, 6) is 0.627. The second-order valence-electron chi connectivity index (χ2n) is 11.7. The van der Waals surface area contributed by atoms with Crippen LogP contribution in [0.1, 0.15) is 0 Å². The van der Waals surface area contributed by atoms with Crippen molar-refractivity contribution in [3.8, 4) is 22.9 Å². The van der Waals surface area contributed by atoms with Crippen molar-refractivity contribution in [3.63, 3.8) is 0 Å². The van der Waals surface area contributed by atoms with E-state index < -0.39 is 0 Å². The van der Waals surface area contributed by atoms with Crippen LogP contribution in [0.2, 0.25) is 0 Å². The van der Waals surface area contributed by atoms with Gasteiger partial charge in [0, 0.05) is 55.2 Å². The second-order valence-corrected chi connectivity index (χ2v) is 11.7. The third kappa shape index (κ3) is 3.42. The minimum Gasteiger partial charge on any atom is -0.309 e. The molecule has 10 aromatic rings. The Morgan fingerprint density at radius 2 is 0.978 bits per heavy atom. The van der Waals surface area contributed by atoms with Crippen molar-refractivity contribution in [2.24, 2.45) is 0 Å². The first kappa shape index (κ1) is 25.0. The van der Waals surface area contributed by atoms with Gasteiger partial charge in [-0.3, -0.25) is 9.55 Å². The number of nitrogens with zero attached hydrogens (tertiary/aromatic N) is 5. The van der Waals surface area contributed by atoms with Gasteiger partial charge in [0.05, 0.1) is 39.5 Å². The van der Waals surface area contributed by atoms with Crippen LogP contribution in [-0.2, 0) is 0 Å². The van der Waals surface area contributed by atoms with Gasteiger partial charge in [-0.25, -0.2) is 9.97 Å². The normalized spacial score (nSPS) is 11.9. The number of hydrogen-bond acceptors (Lipinski definition) is 3. The lowest BCUT2D eigenvalue weighted by molar-refractivity contribution is 1.01. The molecule has 0 unspecified atom stereocenters. The maximum absolute atomic E-state index is 5.33. The van der Waals surface area contributed by atoms with Crippen LogP contribution in [0.3, 0.4) is 0 Å². The number of pyridine rings is 1. The van der Waals surface area contributed by atoms with Gasteiger partial charge in [0.1, 0.15) is 0 Å². The summed E-state index contributed by atoms with van der Waals surface area (Å²) >= 11 is 0. The van der Waals surface area contributed by atoms with E-state index in [1.54, 1.807) is 0 Å². The van der Waals surface area contributed by atoms with Gasteiger partial charge < -0.3 is 4.57 Å². The molecule has 0 fully saturated rings. The highest BCUT2D eigenvalue weighted by molar-refractivity contribution is 6.37. The van der Waals surface area contributed by atoms with Crippen LogP contribution in [0, 0.1) is 0 Å². The summed E-state index contributed by atoms with van der Waals surface area (Å²) in [5.41, 5.74) is 8.42. The lowest BCUT2D eigenvalue weighted by atomic mass is 9.99. The van der Waals surface area contributed by atoms with E-state index in [-0.39, 0.29) is 0 Å². The molecule has 0 atom stereocenters. The van der Waals surface area contributed by atoms with Gasteiger partial charge in [-0.15, -0.1) is 0 Å². The first-order valence-corrected chi connectivity index (χ1v) is 15.5. The smallest absolute Gasteiger partial charge is 0.235 e. The Balaban J connectivity index is 1.46. The highest BCUT2D eigenvalue weighted by atomic mass is 15.2. The molecule has 0 saturated heterocycles. The second kappa shape index (κ2) is 9.58. The highest BCUT2D eigenvalue weighted by Crippen LogP contribution is 2.46. The maximum Gasteiger partial charge on any atom is 0.235 e. The molecular formula is C41H25N5. The Bertz CT molecular complexity index is 2790. The van der Waals surface area contributed by atoms with Crippen molar-refractivity contribution in [2.45, 2.75) is 0 Å². The van der Waals surface area contributed by atoms with E-state index in [0.29, 0.717) is 5.95 Å². The largest absolute Gasteiger partial charge is 0.309 e. The fourth-order valence-corrected chi connectivity index (χ4v) is 7.33. The zero-order valence-electron chi connectivity index (χ0n) is 24.7. The number of benzene rings is 6. The number of fused-ring (bicyclic) bond motifs is 11. The van der Waals surface area contributed by atoms with Crippen molar-refractivity contribution >= 4 is 65.3 Å². The SMILES string of the molecule is c1ccc(-c2nc(-n3c4ccccc4c4c5c6ccccc6n(-c6ccccc6)c5c5ccccc5c43)nc3cnccc23)cc1. The molecule has 0 aliphatic heterocycles. The van der Waals surface area contributed by atoms with Crippen LogP contribution in [0.15, 0.2) is 152 Å². The number of para-hydroxylation sites is 3. The summed E-state index contributed by atoms with van der Waals surface area (Å²) in [5, 5.41) is 8.12. The van der Waals surface area contributed by atoms with Gasteiger partial charge in [0.15, 0.2) is 0 Å². The number of aromatic nitrogens is 5. The molecule has 4 heterocycles. The van der Waals surface area contributed by atoms with Gasteiger partial charge in [-0.2, -0.15) is 0 Å². The average molecular weight is 588 g/mol. The van der Waals surface area contributed by atoms with Crippen molar-refractivity contribution in [3.05, 3.63) is 152 Å². The van der Waals surface area contributed by atoms with Gasteiger partial charge in [0.25, 0.3) is 0 Å². The zero-order chi connectivity index (χ0) is 30.2. The van der Waals surface area contributed by atoms with Crippen molar-refractivity contribution in [1.82, 2.24) is 24.1 Å². The first-order valence-electron chi connectivity index (χ1n) is 15.5. The molecule has 214 valence electrons. The topological polar surface area (TPSA) is 48.5 Å². The first-order chi connectivity index (χ1) is 22.9. The fourth-order valence-electron chi connectivity index (χ4n) is 7.33. The van der Waals surface area contributed by atoms with Crippen LogP contribution in [0.4, 0.5) is 0 Å². The molecule has 0 radical (unpaired) electrons. The molecule has 5 heteroatoms. The van der Waals surface area contributed by atoms with Crippen molar-refractivity contribution in [2.75, 3.05) is 0 Å². The summed E-state index contributed by atoms with van der Waals surface area (Å²) in [6.07, 6.45) is 3.65. The van der Waals surface area contributed by atoms with Gasteiger partial charge >= 0.3 is 0 Å². The summed E-state index contributed by atoms with van der Waals surface area (Å²) in [6.45, 7) is 0. The average Bonchev–Trinajstić information content (AvgIpc) is 3.66. The number of rotatable bonds is 3. The predicted molar refractivity (Wildman–Crippen MR) is 189 cm³/mol. The molecule has 0 spiro atoms. The minimum absolute atomic E-state index is 0.627. The lowest BCUT2D eigenvalue weighted by Crippen LogP contribution is -2.04. The van der Waals surface area contributed by atoms with Gasteiger partial charge in [-0.1, -0.05) is 109 Å². The molecule has 0 saturated carbocycles. The Morgan fingerprint density at radius 3 is 1.65 bits per heavy atom. The van der Waals surface area contributed by atoms with Crippen molar-refractivity contribution in [1.29, 1.82) is 0 Å². The van der Waals surface area contributed by atoms with E-state index in [1.807, 2.05) is 24.5 Å². The van der Waals surface area contributed by atoms with E-state index in [4.69, 9.17) is 9.97 Å². The maximum atomic E-state index is 5.33. The minimum atomic E-state index is 0.627. The van der Waals surface area contributed by atoms with Gasteiger partial charge in [0.2, 0.25) is 5.95 Å². The standard InChI is InChI=1S/C41H25N5/c1-3-13-26(14-4-1)38-30-23-24-42-25-33(30)43-41(44-38)46-35-22-12-10-20-32(35)37-36-31-19-9-11-21-34(31)45(27-15-5-2-6-16-27)39(36)28-17-7-8-18-29(28)40(37)46/h1-25H. The Morgan fingerprint density at radius 1 is 0.435 bits per heavy atom. The molecule has 0 amide bonds. The van der Waals surface area contributed by atoms with E-state index >= 15 is 0 Å². The Kier molecular flexibility index (Phi) is 5.22.